The zero-order valence-electron chi connectivity index (χ0n) is 8.37. The molecule has 1 amide bonds. The summed E-state index contributed by atoms with van der Waals surface area (Å²) in [5, 5.41) is 8.99. The monoisotopic (exact) mass is 197 g/mol. The summed E-state index contributed by atoms with van der Waals surface area (Å²) in [5.41, 5.74) is 4.92. The van der Waals surface area contributed by atoms with Gasteiger partial charge in [0.15, 0.2) is 0 Å². The summed E-state index contributed by atoms with van der Waals surface area (Å²) < 4.78 is 0. The van der Waals surface area contributed by atoms with Crippen LogP contribution in [0.3, 0.4) is 0 Å². The first-order chi connectivity index (χ1) is 6.56. The topological polar surface area (TPSA) is 96.7 Å². The third kappa shape index (κ3) is 2.53. The number of aromatic amines is 1. The van der Waals surface area contributed by atoms with Crippen LogP contribution in [0.5, 0.6) is 0 Å². The molecule has 0 aromatic carbocycles. The maximum absolute atomic E-state index is 11.5. The van der Waals surface area contributed by atoms with Gasteiger partial charge in [0.25, 0.3) is 0 Å². The minimum atomic E-state index is -0.819. The average molecular weight is 197 g/mol. The Morgan fingerprint density at radius 1 is 1.79 bits per heavy atom. The number of aromatic nitrogens is 3. The molecule has 0 saturated carbocycles. The predicted molar refractivity (Wildman–Crippen MR) is 51.1 cm³/mol. The summed E-state index contributed by atoms with van der Waals surface area (Å²) in [6, 6.07) is 0. The van der Waals surface area contributed by atoms with Crippen LogP contribution in [-0.2, 0) is 11.3 Å². The molecule has 0 saturated heterocycles. The van der Waals surface area contributed by atoms with Crippen molar-refractivity contribution in [2.45, 2.75) is 32.4 Å². The molecule has 0 aliphatic carbocycles. The van der Waals surface area contributed by atoms with E-state index >= 15 is 0 Å². The van der Waals surface area contributed by atoms with Crippen molar-refractivity contribution in [3.63, 3.8) is 0 Å². The van der Waals surface area contributed by atoms with E-state index in [9.17, 15) is 4.79 Å². The molecule has 1 rings (SSSR count). The van der Waals surface area contributed by atoms with Crippen LogP contribution in [0.2, 0.25) is 0 Å². The van der Waals surface area contributed by atoms with E-state index in [0.29, 0.717) is 18.8 Å². The second-order valence-corrected chi connectivity index (χ2v) is 3.39. The van der Waals surface area contributed by atoms with Gasteiger partial charge in [-0.15, -0.1) is 0 Å². The number of carbonyl (C=O) groups excluding carboxylic acids is 1. The molecule has 6 heteroatoms. The number of hydrogen-bond donors (Lipinski definition) is 3. The van der Waals surface area contributed by atoms with Crippen molar-refractivity contribution in [1.29, 1.82) is 0 Å². The molecule has 0 aliphatic heterocycles. The van der Waals surface area contributed by atoms with Gasteiger partial charge in [0, 0.05) is 0 Å². The zero-order valence-corrected chi connectivity index (χ0v) is 8.37. The van der Waals surface area contributed by atoms with Gasteiger partial charge in [0.05, 0.1) is 12.1 Å². The highest BCUT2D eigenvalue weighted by Crippen LogP contribution is 2.04. The first kappa shape index (κ1) is 10.6. The zero-order chi connectivity index (χ0) is 10.6. The Balaban J connectivity index is 2.43. The first-order valence-electron chi connectivity index (χ1n) is 4.47. The number of amides is 1. The molecular formula is C8H15N5O. The molecule has 0 aliphatic rings. The summed E-state index contributed by atoms with van der Waals surface area (Å²) in [6.07, 6.45) is 1.98. The van der Waals surface area contributed by atoms with E-state index in [2.05, 4.69) is 20.5 Å². The standard InChI is InChI=1S/C8H15N5O/c1-3-8(2,9)7(14)10-4-6-11-5-12-13-6/h5H,3-4,9H2,1-2H3,(H,10,14)(H,11,12,13). The Hall–Kier alpha value is -1.43. The van der Waals surface area contributed by atoms with Crippen LogP contribution in [0.4, 0.5) is 0 Å². The molecule has 1 atom stereocenters. The van der Waals surface area contributed by atoms with Crippen LogP contribution in [-0.4, -0.2) is 26.6 Å². The van der Waals surface area contributed by atoms with E-state index in [1.807, 2.05) is 6.92 Å². The first-order valence-corrected chi connectivity index (χ1v) is 4.47. The maximum atomic E-state index is 11.5. The van der Waals surface area contributed by atoms with Crippen molar-refractivity contribution in [3.8, 4) is 0 Å². The normalized spacial score (nSPS) is 14.8. The smallest absolute Gasteiger partial charge is 0.240 e. The van der Waals surface area contributed by atoms with Crippen molar-refractivity contribution in [2.24, 2.45) is 5.73 Å². The van der Waals surface area contributed by atoms with Crippen LogP contribution in [0, 0.1) is 0 Å². The van der Waals surface area contributed by atoms with Crippen molar-refractivity contribution in [3.05, 3.63) is 12.2 Å². The summed E-state index contributed by atoms with van der Waals surface area (Å²) in [6.45, 7) is 3.89. The fourth-order valence-corrected chi connectivity index (χ4v) is 0.842. The van der Waals surface area contributed by atoms with E-state index < -0.39 is 5.54 Å². The van der Waals surface area contributed by atoms with Gasteiger partial charge in [0.1, 0.15) is 12.2 Å². The van der Waals surface area contributed by atoms with Crippen LogP contribution in [0.15, 0.2) is 6.33 Å². The number of nitrogens with one attached hydrogen (secondary N) is 2. The number of rotatable bonds is 4. The predicted octanol–water partition coefficient (Wildman–Crippen LogP) is -0.452. The van der Waals surface area contributed by atoms with E-state index in [0.717, 1.165) is 0 Å². The molecule has 0 fully saturated rings. The van der Waals surface area contributed by atoms with Crippen molar-refractivity contribution in [1.82, 2.24) is 20.5 Å². The molecule has 4 N–H and O–H groups in total. The third-order valence-corrected chi connectivity index (χ3v) is 2.13. The highest BCUT2D eigenvalue weighted by Gasteiger charge is 2.25. The SMILES string of the molecule is CCC(C)(N)C(=O)NCc1ncn[nH]1. The Morgan fingerprint density at radius 2 is 2.50 bits per heavy atom. The molecule has 78 valence electrons. The quantitative estimate of drug-likeness (QED) is 0.609. The summed E-state index contributed by atoms with van der Waals surface area (Å²) in [7, 11) is 0. The molecule has 0 bridgehead atoms. The van der Waals surface area contributed by atoms with Crippen LogP contribution in [0.1, 0.15) is 26.1 Å². The fourth-order valence-electron chi connectivity index (χ4n) is 0.842. The molecule has 1 aromatic heterocycles. The van der Waals surface area contributed by atoms with Gasteiger partial charge >= 0.3 is 0 Å². The molecule has 14 heavy (non-hydrogen) atoms. The molecule has 0 radical (unpaired) electrons. The van der Waals surface area contributed by atoms with Gasteiger partial charge in [-0.05, 0) is 13.3 Å². The van der Waals surface area contributed by atoms with Crippen LogP contribution < -0.4 is 11.1 Å². The van der Waals surface area contributed by atoms with Gasteiger partial charge < -0.3 is 11.1 Å². The third-order valence-electron chi connectivity index (χ3n) is 2.13. The largest absolute Gasteiger partial charge is 0.347 e. The van der Waals surface area contributed by atoms with Crippen LogP contribution in [0.25, 0.3) is 0 Å². The van der Waals surface area contributed by atoms with Gasteiger partial charge in [0.2, 0.25) is 5.91 Å². The Kier molecular flexibility index (Phi) is 3.19. The highest BCUT2D eigenvalue weighted by atomic mass is 16.2. The Morgan fingerprint density at radius 3 is 3.00 bits per heavy atom. The molecule has 6 nitrogen and oxygen atoms in total. The number of nitrogens with zero attached hydrogens (tertiary/aromatic N) is 2. The number of nitrogens with two attached hydrogens (primary N) is 1. The summed E-state index contributed by atoms with van der Waals surface area (Å²) >= 11 is 0. The van der Waals surface area contributed by atoms with Gasteiger partial charge in [-0.2, -0.15) is 5.10 Å². The second kappa shape index (κ2) is 4.19. The minimum Gasteiger partial charge on any atom is -0.347 e. The molecule has 0 spiro atoms. The number of hydrogen-bond acceptors (Lipinski definition) is 4. The summed E-state index contributed by atoms with van der Waals surface area (Å²) in [5.74, 6) is 0.432. The van der Waals surface area contributed by atoms with Gasteiger partial charge in [-0.3, -0.25) is 9.89 Å². The number of H-pyrrole nitrogens is 1. The van der Waals surface area contributed by atoms with Crippen molar-refractivity contribution < 1.29 is 4.79 Å². The average Bonchev–Trinajstić information content (AvgIpc) is 2.66. The van der Waals surface area contributed by atoms with E-state index in [-0.39, 0.29) is 5.91 Å². The number of carbonyl (C=O) groups is 1. The van der Waals surface area contributed by atoms with E-state index in [1.165, 1.54) is 6.33 Å². The Bertz CT molecular complexity index is 293. The minimum absolute atomic E-state index is 0.184. The van der Waals surface area contributed by atoms with Crippen molar-refractivity contribution >= 4 is 5.91 Å². The second-order valence-electron chi connectivity index (χ2n) is 3.39. The molecule has 1 aromatic rings. The molecular weight excluding hydrogens is 182 g/mol. The van der Waals surface area contributed by atoms with Gasteiger partial charge in [-0.25, -0.2) is 4.98 Å². The van der Waals surface area contributed by atoms with E-state index in [1.54, 1.807) is 6.92 Å². The molecule has 1 heterocycles. The van der Waals surface area contributed by atoms with Crippen LogP contribution >= 0.6 is 0 Å². The Labute approximate surface area is 82.3 Å². The highest BCUT2D eigenvalue weighted by molar-refractivity contribution is 5.85. The fraction of sp³-hybridized carbons (Fsp3) is 0.625. The lowest BCUT2D eigenvalue weighted by Gasteiger charge is -2.20. The summed E-state index contributed by atoms with van der Waals surface area (Å²) in [4.78, 5) is 15.4. The molecule has 1 unspecified atom stereocenters. The van der Waals surface area contributed by atoms with Gasteiger partial charge in [-0.1, -0.05) is 6.92 Å². The lowest BCUT2D eigenvalue weighted by atomic mass is 10.00. The van der Waals surface area contributed by atoms with E-state index in [4.69, 9.17) is 5.73 Å². The lowest BCUT2D eigenvalue weighted by molar-refractivity contribution is -0.126. The van der Waals surface area contributed by atoms with Crippen molar-refractivity contribution in [2.75, 3.05) is 0 Å². The maximum Gasteiger partial charge on any atom is 0.240 e. The lowest BCUT2D eigenvalue weighted by Crippen LogP contribution is -2.50.